The zero-order chi connectivity index (χ0) is 22.3. The van der Waals surface area contributed by atoms with Gasteiger partial charge in [0.25, 0.3) is 0 Å². The summed E-state index contributed by atoms with van der Waals surface area (Å²) in [6.07, 6.45) is 6.29. The van der Waals surface area contributed by atoms with Crippen LogP contribution in [0.3, 0.4) is 0 Å². The maximum Gasteiger partial charge on any atom is 0.191 e. The molecule has 0 spiro atoms. The summed E-state index contributed by atoms with van der Waals surface area (Å²) in [5, 5.41) is 6.68. The Kier molecular flexibility index (Phi) is 9.04. The van der Waals surface area contributed by atoms with E-state index >= 15 is 0 Å². The predicted molar refractivity (Wildman–Crippen MR) is 138 cm³/mol. The fourth-order valence-electron chi connectivity index (χ4n) is 3.97. The lowest BCUT2D eigenvalue weighted by molar-refractivity contribution is 0.576. The van der Waals surface area contributed by atoms with Crippen LogP contribution in [0.25, 0.3) is 0 Å². The van der Waals surface area contributed by atoms with Crippen LogP contribution >= 0.6 is 24.0 Å². The maximum absolute atomic E-state index is 14.1. The summed E-state index contributed by atoms with van der Waals surface area (Å²) >= 11 is 0. The Morgan fingerprint density at radius 3 is 2.64 bits per heavy atom. The number of aromatic nitrogens is 2. The molecule has 2 heterocycles. The summed E-state index contributed by atoms with van der Waals surface area (Å²) in [4.78, 5) is 10.6. The van der Waals surface area contributed by atoms with Gasteiger partial charge in [-0.15, -0.1) is 24.0 Å². The number of rotatable bonds is 7. The van der Waals surface area contributed by atoms with Gasteiger partial charge in [0, 0.05) is 44.6 Å². The molecule has 1 aromatic heterocycles. The van der Waals surface area contributed by atoms with E-state index < -0.39 is 11.6 Å². The van der Waals surface area contributed by atoms with Gasteiger partial charge in [-0.05, 0) is 36.6 Å². The summed E-state index contributed by atoms with van der Waals surface area (Å²) in [5.74, 6) is -0.350. The first-order valence-corrected chi connectivity index (χ1v) is 10.9. The highest BCUT2D eigenvalue weighted by Gasteiger charge is 2.27. The first kappa shape index (κ1) is 24.9. The lowest BCUT2D eigenvalue weighted by Gasteiger charge is -2.21. The van der Waals surface area contributed by atoms with E-state index in [-0.39, 0.29) is 35.7 Å². The third-order valence-corrected chi connectivity index (χ3v) is 5.46. The molecule has 1 fully saturated rings. The number of nitrogens with one attached hydrogen (secondary N) is 2. The molecule has 2 N–H and O–H groups in total. The molecule has 1 aliphatic heterocycles. The van der Waals surface area contributed by atoms with E-state index in [0.717, 1.165) is 25.1 Å². The van der Waals surface area contributed by atoms with Gasteiger partial charge in [-0.2, -0.15) is 0 Å². The van der Waals surface area contributed by atoms with Crippen molar-refractivity contribution in [3.63, 3.8) is 0 Å². The molecule has 9 heteroatoms. The quantitative estimate of drug-likeness (QED) is 0.256. The normalized spacial score (nSPS) is 15.9. The fraction of sp³-hybridized carbons (Fsp3) is 0.333. The van der Waals surface area contributed by atoms with E-state index in [1.807, 2.05) is 23.8 Å². The SMILES string of the molecule is CCNC(=NCc1cccc(Cn2ccnc2)c1)NC1CCN(c2c(F)cccc2F)C1.I. The number of imidazole rings is 1. The van der Waals surface area contributed by atoms with Crippen LogP contribution in [0.4, 0.5) is 14.5 Å². The minimum absolute atomic E-state index is 0. The second kappa shape index (κ2) is 12.0. The molecule has 3 aromatic rings. The van der Waals surface area contributed by atoms with Crippen LogP contribution in [-0.4, -0.2) is 41.2 Å². The summed E-state index contributed by atoms with van der Waals surface area (Å²) in [6, 6.07) is 12.4. The van der Waals surface area contributed by atoms with Crippen molar-refractivity contribution in [2.45, 2.75) is 32.5 Å². The first-order chi connectivity index (χ1) is 15.6. The minimum atomic E-state index is -0.526. The minimum Gasteiger partial charge on any atom is -0.365 e. The van der Waals surface area contributed by atoms with E-state index in [4.69, 9.17) is 4.99 Å². The summed E-state index contributed by atoms with van der Waals surface area (Å²) in [5.41, 5.74) is 2.35. The van der Waals surface area contributed by atoms with Crippen molar-refractivity contribution in [1.29, 1.82) is 0 Å². The molecule has 0 bridgehead atoms. The molecule has 2 aromatic carbocycles. The van der Waals surface area contributed by atoms with Crippen molar-refractivity contribution in [3.8, 4) is 0 Å². The highest BCUT2D eigenvalue weighted by Crippen LogP contribution is 2.26. The van der Waals surface area contributed by atoms with Crippen molar-refractivity contribution in [2.24, 2.45) is 4.99 Å². The number of guanidine groups is 1. The lowest BCUT2D eigenvalue weighted by Crippen LogP contribution is -2.44. The number of hydrogen-bond donors (Lipinski definition) is 2. The van der Waals surface area contributed by atoms with Gasteiger partial charge in [-0.1, -0.05) is 30.3 Å². The molecule has 0 saturated carbocycles. The summed E-state index contributed by atoms with van der Waals surface area (Å²) in [6.45, 7) is 5.14. The number of halogens is 3. The van der Waals surface area contributed by atoms with E-state index in [1.54, 1.807) is 17.4 Å². The van der Waals surface area contributed by atoms with E-state index in [2.05, 4.69) is 33.8 Å². The number of benzene rings is 2. The maximum atomic E-state index is 14.1. The topological polar surface area (TPSA) is 57.5 Å². The Bertz CT molecular complexity index is 1040. The van der Waals surface area contributed by atoms with Crippen LogP contribution in [0, 0.1) is 11.6 Å². The standard InChI is InChI=1S/C24H28F2N6.HI/c1-2-28-24(29-14-18-5-3-6-19(13-18)15-31-12-10-27-17-31)30-20-9-11-32(16-20)23-21(25)7-4-8-22(23)26;/h3-8,10,12-13,17,20H,2,9,11,14-16H2,1H3,(H2,28,29,30);1H. The Labute approximate surface area is 210 Å². The Hall–Kier alpha value is -2.69. The van der Waals surface area contributed by atoms with E-state index in [0.29, 0.717) is 25.6 Å². The monoisotopic (exact) mass is 566 g/mol. The van der Waals surface area contributed by atoms with Gasteiger partial charge in [0.05, 0.1) is 12.9 Å². The van der Waals surface area contributed by atoms with E-state index in [1.165, 1.54) is 23.8 Å². The van der Waals surface area contributed by atoms with Crippen LogP contribution in [0.2, 0.25) is 0 Å². The molecular weight excluding hydrogens is 537 g/mol. The van der Waals surface area contributed by atoms with Crippen molar-refractivity contribution >= 4 is 35.6 Å². The Morgan fingerprint density at radius 2 is 1.91 bits per heavy atom. The van der Waals surface area contributed by atoms with Gasteiger partial charge in [0.1, 0.15) is 17.3 Å². The average Bonchev–Trinajstić information content (AvgIpc) is 3.45. The van der Waals surface area contributed by atoms with Crippen LogP contribution in [0.5, 0.6) is 0 Å². The molecule has 6 nitrogen and oxygen atoms in total. The van der Waals surface area contributed by atoms with Crippen molar-refractivity contribution in [1.82, 2.24) is 20.2 Å². The molecule has 4 rings (SSSR count). The van der Waals surface area contributed by atoms with Crippen molar-refractivity contribution in [2.75, 3.05) is 24.5 Å². The molecule has 0 aliphatic carbocycles. The van der Waals surface area contributed by atoms with Crippen LogP contribution in [0.1, 0.15) is 24.5 Å². The molecule has 176 valence electrons. The average molecular weight is 566 g/mol. The summed E-state index contributed by atoms with van der Waals surface area (Å²) in [7, 11) is 0. The molecule has 0 radical (unpaired) electrons. The van der Waals surface area contributed by atoms with Gasteiger partial charge in [-0.25, -0.2) is 18.8 Å². The molecule has 33 heavy (non-hydrogen) atoms. The zero-order valence-corrected chi connectivity index (χ0v) is 20.9. The van der Waals surface area contributed by atoms with Crippen LogP contribution in [-0.2, 0) is 13.1 Å². The molecule has 1 saturated heterocycles. The van der Waals surface area contributed by atoms with Gasteiger partial charge in [0.15, 0.2) is 5.96 Å². The second-order valence-electron chi connectivity index (χ2n) is 7.90. The largest absolute Gasteiger partial charge is 0.365 e. The molecule has 0 amide bonds. The molecule has 1 unspecified atom stereocenters. The van der Waals surface area contributed by atoms with Gasteiger partial charge >= 0.3 is 0 Å². The van der Waals surface area contributed by atoms with Gasteiger partial charge in [-0.3, -0.25) is 0 Å². The zero-order valence-electron chi connectivity index (χ0n) is 18.5. The fourth-order valence-corrected chi connectivity index (χ4v) is 3.97. The number of para-hydroxylation sites is 1. The van der Waals surface area contributed by atoms with Crippen LogP contribution in [0.15, 0.2) is 66.2 Å². The lowest BCUT2D eigenvalue weighted by atomic mass is 10.1. The highest BCUT2D eigenvalue weighted by molar-refractivity contribution is 14.0. The Balaban J connectivity index is 0.00000306. The van der Waals surface area contributed by atoms with Crippen LogP contribution < -0.4 is 15.5 Å². The van der Waals surface area contributed by atoms with Crippen molar-refractivity contribution < 1.29 is 8.78 Å². The van der Waals surface area contributed by atoms with Gasteiger partial charge < -0.3 is 20.1 Å². The third kappa shape index (κ3) is 6.66. The molecule has 1 atom stereocenters. The first-order valence-electron chi connectivity index (χ1n) is 10.9. The van der Waals surface area contributed by atoms with Gasteiger partial charge in [0.2, 0.25) is 0 Å². The second-order valence-corrected chi connectivity index (χ2v) is 7.90. The molecule has 1 aliphatic rings. The van der Waals surface area contributed by atoms with Crippen molar-refractivity contribution in [3.05, 3.63) is 83.9 Å². The van der Waals surface area contributed by atoms with E-state index in [9.17, 15) is 8.78 Å². The molecular formula is C24H29F2IN6. The number of anilines is 1. The Morgan fingerprint density at radius 1 is 1.15 bits per heavy atom. The smallest absolute Gasteiger partial charge is 0.191 e. The number of aliphatic imine (C=N–C) groups is 1. The predicted octanol–water partition coefficient (Wildman–Crippen LogP) is 4.16. The third-order valence-electron chi connectivity index (χ3n) is 5.46. The summed E-state index contributed by atoms with van der Waals surface area (Å²) < 4.78 is 30.3. The number of hydrogen-bond acceptors (Lipinski definition) is 3. The number of nitrogens with zero attached hydrogens (tertiary/aromatic N) is 4. The highest BCUT2D eigenvalue weighted by atomic mass is 127.